The number of fused-ring (bicyclic) bond motifs is 2. The number of thiazole rings is 1. The molecule has 2 aliphatic rings. The molecule has 3 aromatic rings. The SMILES string of the molecule is CSc1cccc2sc(N(CC3CCCO3)C(=O)C3COc4ccccc4O3)nc12. The summed E-state index contributed by atoms with van der Waals surface area (Å²) < 4.78 is 18.7. The smallest absolute Gasteiger partial charge is 0.273 e. The fourth-order valence-electron chi connectivity index (χ4n) is 3.76. The molecule has 0 spiro atoms. The summed E-state index contributed by atoms with van der Waals surface area (Å²) in [5, 5.41) is 0.675. The van der Waals surface area contributed by atoms with E-state index in [0.717, 1.165) is 34.6 Å². The standard InChI is InChI=1S/C22H22N2O4S2/c1-29-18-9-4-10-19-20(18)23-22(30-19)24(12-14-6-5-11-26-14)21(25)17-13-27-15-7-2-3-8-16(15)28-17/h2-4,7-10,14,17H,5-6,11-13H2,1H3. The van der Waals surface area contributed by atoms with Gasteiger partial charge in [0, 0.05) is 11.5 Å². The summed E-state index contributed by atoms with van der Waals surface area (Å²) in [7, 11) is 0. The average Bonchev–Trinajstić information content (AvgIpc) is 3.46. The molecule has 6 nitrogen and oxygen atoms in total. The van der Waals surface area contributed by atoms with Crippen molar-refractivity contribution in [1.29, 1.82) is 0 Å². The van der Waals surface area contributed by atoms with Crippen molar-refractivity contribution in [1.82, 2.24) is 4.98 Å². The molecule has 2 aliphatic heterocycles. The van der Waals surface area contributed by atoms with E-state index in [-0.39, 0.29) is 18.6 Å². The van der Waals surface area contributed by atoms with Crippen LogP contribution < -0.4 is 14.4 Å². The third kappa shape index (κ3) is 3.75. The summed E-state index contributed by atoms with van der Waals surface area (Å²) in [6.45, 7) is 1.38. The van der Waals surface area contributed by atoms with Crippen molar-refractivity contribution in [3.05, 3.63) is 42.5 Å². The molecule has 1 amide bonds. The Morgan fingerprint density at radius 2 is 2.10 bits per heavy atom. The van der Waals surface area contributed by atoms with Gasteiger partial charge in [0.15, 0.2) is 16.6 Å². The molecule has 2 atom stereocenters. The van der Waals surface area contributed by atoms with E-state index in [0.29, 0.717) is 23.2 Å². The van der Waals surface area contributed by atoms with E-state index in [1.807, 2.05) is 42.7 Å². The number of hydrogen-bond acceptors (Lipinski definition) is 7. The van der Waals surface area contributed by atoms with Crippen molar-refractivity contribution in [3.63, 3.8) is 0 Å². The second-order valence-electron chi connectivity index (χ2n) is 7.25. The molecule has 0 bridgehead atoms. The zero-order chi connectivity index (χ0) is 20.5. The Morgan fingerprint density at radius 3 is 2.90 bits per heavy atom. The first-order valence-corrected chi connectivity index (χ1v) is 12.0. The van der Waals surface area contributed by atoms with Gasteiger partial charge in [-0.3, -0.25) is 9.69 Å². The maximum Gasteiger partial charge on any atom is 0.273 e. The summed E-state index contributed by atoms with van der Waals surface area (Å²) in [6, 6.07) is 13.5. The van der Waals surface area contributed by atoms with Crippen LogP contribution in [-0.4, -0.2) is 49.1 Å². The van der Waals surface area contributed by atoms with E-state index >= 15 is 0 Å². The van der Waals surface area contributed by atoms with E-state index in [9.17, 15) is 4.79 Å². The minimum atomic E-state index is -0.715. The van der Waals surface area contributed by atoms with Gasteiger partial charge >= 0.3 is 0 Å². The highest BCUT2D eigenvalue weighted by atomic mass is 32.2. The number of aromatic nitrogens is 1. The Bertz CT molecular complexity index is 1060. The van der Waals surface area contributed by atoms with Gasteiger partial charge in [0.2, 0.25) is 6.10 Å². The molecule has 2 aromatic carbocycles. The first kappa shape index (κ1) is 19.7. The largest absolute Gasteiger partial charge is 0.485 e. The van der Waals surface area contributed by atoms with E-state index < -0.39 is 6.10 Å². The second-order valence-corrected chi connectivity index (χ2v) is 9.11. The third-order valence-corrected chi connectivity index (χ3v) is 7.09. The van der Waals surface area contributed by atoms with E-state index in [1.165, 1.54) is 11.3 Å². The van der Waals surface area contributed by atoms with E-state index in [4.69, 9.17) is 19.2 Å². The molecule has 0 N–H and O–H groups in total. The molecule has 3 heterocycles. The van der Waals surface area contributed by atoms with Crippen molar-refractivity contribution >= 4 is 44.4 Å². The lowest BCUT2D eigenvalue weighted by atomic mass is 10.2. The highest BCUT2D eigenvalue weighted by Crippen LogP contribution is 2.36. The van der Waals surface area contributed by atoms with Gasteiger partial charge in [-0.2, -0.15) is 0 Å². The Hall–Kier alpha value is -2.29. The van der Waals surface area contributed by atoms with Crippen molar-refractivity contribution in [3.8, 4) is 11.5 Å². The lowest BCUT2D eigenvalue weighted by Crippen LogP contribution is -2.48. The zero-order valence-electron chi connectivity index (χ0n) is 16.6. The number of anilines is 1. The minimum Gasteiger partial charge on any atom is -0.485 e. The van der Waals surface area contributed by atoms with Crippen LogP contribution in [0.3, 0.4) is 0 Å². The number of nitrogens with zero attached hydrogens (tertiary/aromatic N) is 2. The van der Waals surface area contributed by atoms with Gasteiger partial charge in [0.25, 0.3) is 5.91 Å². The number of carbonyl (C=O) groups excluding carboxylic acids is 1. The lowest BCUT2D eigenvalue weighted by molar-refractivity contribution is -0.128. The van der Waals surface area contributed by atoms with Crippen molar-refractivity contribution in [2.75, 3.05) is 30.9 Å². The molecule has 156 valence electrons. The van der Waals surface area contributed by atoms with Crippen LogP contribution in [0.2, 0.25) is 0 Å². The highest BCUT2D eigenvalue weighted by molar-refractivity contribution is 7.98. The molecule has 0 aliphatic carbocycles. The van der Waals surface area contributed by atoms with Crippen LogP contribution in [0, 0.1) is 0 Å². The van der Waals surface area contributed by atoms with Gasteiger partial charge in [-0.05, 0) is 43.4 Å². The molecule has 0 saturated carbocycles. The number of amides is 1. The molecular formula is C22H22N2O4S2. The van der Waals surface area contributed by atoms with Gasteiger partial charge in [0.05, 0.1) is 22.9 Å². The topological polar surface area (TPSA) is 60.9 Å². The van der Waals surface area contributed by atoms with Crippen LogP contribution >= 0.6 is 23.1 Å². The molecule has 1 fully saturated rings. The number of thioether (sulfide) groups is 1. The number of rotatable bonds is 5. The predicted molar refractivity (Wildman–Crippen MR) is 119 cm³/mol. The Labute approximate surface area is 183 Å². The molecule has 8 heteroatoms. The van der Waals surface area contributed by atoms with Crippen molar-refractivity contribution in [2.24, 2.45) is 0 Å². The lowest BCUT2D eigenvalue weighted by Gasteiger charge is -2.30. The average molecular weight is 443 g/mol. The van der Waals surface area contributed by atoms with Crippen LogP contribution in [0.1, 0.15) is 12.8 Å². The van der Waals surface area contributed by atoms with Gasteiger partial charge in [-0.25, -0.2) is 4.98 Å². The summed E-state index contributed by atoms with van der Waals surface area (Å²) in [5.74, 6) is 1.11. The van der Waals surface area contributed by atoms with Gasteiger partial charge in [-0.1, -0.05) is 29.5 Å². The maximum atomic E-state index is 13.6. The number of ether oxygens (including phenoxy) is 3. The van der Waals surface area contributed by atoms with E-state index in [2.05, 4.69) is 6.07 Å². The molecule has 5 rings (SSSR count). The van der Waals surface area contributed by atoms with Crippen LogP contribution in [0.4, 0.5) is 5.13 Å². The number of hydrogen-bond donors (Lipinski definition) is 0. The minimum absolute atomic E-state index is 0.0118. The molecule has 1 aromatic heterocycles. The van der Waals surface area contributed by atoms with Gasteiger partial charge in [0.1, 0.15) is 6.61 Å². The predicted octanol–water partition coefficient (Wildman–Crippen LogP) is 4.37. The molecular weight excluding hydrogens is 420 g/mol. The number of carbonyl (C=O) groups is 1. The first-order chi connectivity index (χ1) is 14.7. The number of para-hydroxylation sites is 3. The quantitative estimate of drug-likeness (QED) is 0.547. The van der Waals surface area contributed by atoms with Crippen LogP contribution in [-0.2, 0) is 9.53 Å². The fraction of sp³-hybridized carbons (Fsp3) is 0.364. The zero-order valence-corrected chi connectivity index (χ0v) is 18.2. The molecule has 2 unspecified atom stereocenters. The summed E-state index contributed by atoms with van der Waals surface area (Å²) in [6.07, 6.45) is 3.29. The summed E-state index contributed by atoms with van der Waals surface area (Å²) in [5.41, 5.74) is 0.932. The Morgan fingerprint density at radius 1 is 1.23 bits per heavy atom. The van der Waals surface area contributed by atoms with Crippen LogP contribution in [0.15, 0.2) is 47.4 Å². The monoisotopic (exact) mass is 442 g/mol. The van der Waals surface area contributed by atoms with Crippen molar-refractivity contribution < 1.29 is 19.0 Å². The van der Waals surface area contributed by atoms with Crippen molar-refractivity contribution in [2.45, 2.75) is 29.9 Å². The van der Waals surface area contributed by atoms with Crippen LogP contribution in [0.5, 0.6) is 11.5 Å². The third-order valence-electron chi connectivity index (χ3n) is 5.28. The second kappa shape index (κ2) is 8.45. The molecule has 0 radical (unpaired) electrons. The first-order valence-electron chi connectivity index (χ1n) is 9.98. The molecule has 1 saturated heterocycles. The summed E-state index contributed by atoms with van der Waals surface area (Å²) >= 11 is 3.18. The summed E-state index contributed by atoms with van der Waals surface area (Å²) in [4.78, 5) is 21.2. The Kier molecular flexibility index (Phi) is 5.54. The number of benzene rings is 2. The maximum absolute atomic E-state index is 13.6. The van der Waals surface area contributed by atoms with E-state index in [1.54, 1.807) is 16.7 Å². The normalized spacial score (nSPS) is 20.4. The molecule has 30 heavy (non-hydrogen) atoms. The highest BCUT2D eigenvalue weighted by Gasteiger charge is 2.35. The van der Waals surface area contributed by atoms with Crippen LogP contribution in [0.25, 0.3) is 10.2 Å². The van der Waals surface area contributed by atoms with Gasteiger partial charge < -0.3 is 14.2 Å². The fourth-order valence-corrected chi connectivity index (χ4v) is 5.40. The van der Waals surface area contributed by atoms with Gasteiger partial charge in [-0.15, -0.1) is 11.8 Å². The Balaban J connectivity index is 1.47.